The maximum Gasteiger partial charge on any atom is 0.130 e. The zero-order valence-electron chi connectivity index (χ0n) is 9.47. The van der Waals surface area contributed by atoms with Crippen LogP contribution in [0.2, 0.25) is 0 Å². The molecule has 17 heavy (non-hydrogen) atoms. The molecule has 0 amide bonds. The molecule has 0 bridgehead atoms. The van der Waals surface area contributed by atoms with Crippen LogP contribution in [0.15, 0.2) is 42.7 Å². The molecule has 1 aromatic heterocycles. The van der Waals surface area contributed by atoms with Gasteiger partial charge >= 0.3 is 0 Å². The first kappa shape index (κ1) is 10.3. The van der Waals surface area contributed by atoms with Gasteiger partial charge in [-0.3, -0.25) is 4.98 Å². The normalized spacial score (nSPS) is 17.6. The van der Waals surface area contributed by atoms with Gasteiger partial charge in [0.2, 0.25) is 0 Å². The van der Waals surface area contributed by atoms with Crippen molar-refractivity contribution in [1.29, 1.82) is 0 Å². The minimum absolute atomic E-state index is 0.119. The SMILES string of the molecule is NC[C@H]1Cc2cccc(-c3ccncc3)c2O1. The second kappa shape index (κ2) is 4.18. The van der Waals surface area contributed by atoms with Crippen LogP contribution in [-0.2, 0) is 6.42 Å². The molecular formula is C14H14N2O. The molecule has 0 unspecified atom stereocenters. The van der Waals surface area contributed by atoms with Crippen molar-refractivity contribution in [3.05, 3.63) is 48.3 Å². The van der Waals surface area contributed by atoms with Crippen molar-refractivity contribution < 1.29 is 4.74 Å². The largest absolute Gasteiger partial charge is 0.488 e. The molecule has 0 aliphatic carbocycles. The Morgan fingerprint density at radius 2 is 2.06 bits per heavy atom. The number of hydrogen-bond acceptors (Lipinski definition) is 3. The Kier molecular flexibility index (Phi) is 2.53. The first-order chi connectivity index (χ1) is 8.38. The van der Waals surface area contributed by atoms with Gasteiger partial charge < -0.3 is 10.5 Å². The lowest BCUT2D eigenvalue weighted by Gasteiger charge is -2.10. The first-order valence-corrected chi connectivity index (χ1v) is 5.77. The van der Waals surface area contributed by atoms with E-state index in [2.05, 4.69) is 23.2 Å². The predicted molar refractivity (Wildman–Crippen MR) is 66.8 cm³/mol. The topological polar surface area (TPSA) is 48.1 Å². The molecule has 0 saturated carbocycles. The van der Waals surface area contributed by atoms with Gasteiger partial charge in [-0.2, -0.15) is 0 Å². The van der Waals surface area contributed by atoms with E-state index in [1.807, 2.05) is 12.1 Å². The van der Waals surface area contributed by atoms with Crippen LogP contribution < -0.4 is 10.5 Å². The summed E-state index contributed by atoms with van der Waals surface area (Å²) in [6, 6.07) is 10.2. The summed E-state index contributed by atoms with van der Waals surface area (Å²) in [6.45, 7) is 0.560. The Morgan fingerprint density at radius 1 is 1.24 bits per heavy atom. The standard InChI is InChI=1S/C14H14N2O/c15-9-12-8-11-2-1-3-13(14(11)17-12)10-4-6-16-7-5-10/h1-7,12H,8-9,15H2/t12-/m1/s1. The van der Waals surface area contributed by atoms with E-state index in [4.69, 9.17) is 10.5 Å². The van der Waals surface area contributed by atoms with E-state index in [0.717, 1.165) is 23.3 Å². The monoisotopic (exact) mass is 226 g/mol. The first-order valence-electron chi connectivity index (χ1n) is 5.77. The molecular weight excluding hydrogens is 212 g/mol. The summed E-state index contributed by atoms with van der Waals surface area (Å²) in [4.78, 5) is 4.03. The third kappa shape index (κ3) is 1.78. The van der Waals surface area contributed by atoms with Crippen molar-refractivity contribution >= 4 is 0 Å². The van der Waals surface area contributed by atoms with Gasteiger partial charge in [-0.25, -0.2) is 0 Å². The van der Waals surface area contributed by atoms with Gasteiger partial charge in [0.15, 0.2) is 0 Å². The summed E-state index contributed by atoms with van der Waals surface area (Å²) in [5.41, 5.74) is 9.17. The molecule has 3 nitrogen and oxygen atoms in total. The van der Waals surface area contributed by atoms with Crippen molar-refractivity contribution in [1.82, 2.24) is 4.98 Å². The lowest BCUT2D eigenvalue weighted by Crippen LogP contribution is -2.24. The van der Waals surface area contributed by atoms with Crippen LogP contribution in [0.25, 0.3) is 11.1 Å². The van der Waals surface area contributed by atoms with E-state index in [9.17, 15) is 0 Å². The lowest BCUT2D eigenvalue weighted by atomic mass is 10.0. The fourth-order valence-corrected chi connectivity index (χ4v) is 2.23. The van der Waals surface area contributed by atoms with Crippen LogP contribution in [0.5, 0.6) is 5.75 Å². The van der Waals surface area contributed by atoms with Crippen LogP contribution in [0, 0.1) is 0 Å². The Morgan fingerprint density at radius 3 is 2.82 bits per heavy atom. The van der Waals surface area contributed by atoms with E-state index < -0.39 is 0 Å². The quantitative estimate of drug-likeness (QED) is 0.852. The summed E-state index contributed by atoms with van der Waals surface area (Å²) in [7, 11) is 0. The van der Waals surface area contributed by atoms with E-state index in [1.54, 1.807) is 12.4 Å². The van der Waals surface area contributed by atoms with Gasteiger partial charge in [-0.15, -0.1) is 0 Å². The molecule has 86 valence electrons. The predicted octanol–water partition coefficient (Wildman–Crippen LogP) is 2.01. The molecule has 3 heteroatoms. The lowest BCUT2D eigenvalue weighted by molar-refractivity contribution is 0.242. The average molecular weight is 226 g/mol. The number of aromatic nitrogens is 1. The maximum absolute atomic E-state index is 5.90. The van der Waals surface area contributed by atoms with Crippen molar-refractivity contribution in [2.24, 2.45) is 5.73 Å². The molecule has 2 N–H and O–H groups in total. The third-order valence-corrected chi connectivity index (χ3v) is 3.08. The number of nitrogens with zero attached hydrogens (tertiary/aromatic N) is 1. The number of rotatable bonds is 2. The summed E-state index contributed by atoms with van der Waals surface area (Å²) in [5, 5.41) is 0. The summed E-state index contributed by atoms with van der Waals surface area (Å²) < 4.78 is 5.90. The molecule has 1 aliphatic rings. The average Bonchev–Trinajstić information content (AvgIpc) is 2.82. The van der Waals surface area contributed by atoms with E-state index in [0.29, 0.717) is 6.54 Å². The second-order valence-corrected chi connectivity index (χ2v) is 4.21. The molecule has 0 spiro atoms. The number of benzene rings is 1. The van der Waals surface area contributed by atoms with E-state index >= 15 is 0 Å². The summed E-state index contributed by atoms with van der Waals surface area (Å²) in [5.74, 6) is 0.981. The number of para-hydroxylation sites is 1. The summed E-state index contributed by atoms with van der Waals surface area (Å²) >= 11 is 0. The Balaban J connectivity index is 2.07. The number of hydrogen-bond donors (Lipinski definition) is 1. The molecule has 2 heterocycles. The Hall–Kier alpha value is -1.87. The number of pyridine rings is 1. The van der Waals surface area contributed by atoms with Gasteiger partial charge in [0, 0.05) is 30.9 Å². The van der Waals surface area contributed by atoms with Crippen LogP contribution in [0.3, 0.4) is 0 Å². The van der Waals surface area contributed by atoms with Gasteiger partial charge in [-0.1, -0.05) is 18.2 Å². The summed E-state index contributed by atoms with van der Waals surface area (Å²) in [6.07, 6.45) is 4.62. The highest BCUT2D eigenvalue weighted by molar-refractivity contribution is 5.72. The molecule has 0 radical (unpaired) electrons. The van der Waals surface area contributed by atoms with Crippen LogP contribution in [-0.4, -0.2) is 17.6 Å². The Labute approximate surface area is 100 Å². The smallest absolute Gasteiger partial charge is 0.130 e. The van der Waals surface area contributed by atoms with E-state index in [1.165, 1.54) is 5.56 Å². The highest BCUT2D eigenvalue weighted by Gasteiger charge is 2.24. The minimum Gasteiger partial charge on any atom is -0.488 e. The van der Waals surface area contributed by atoms with Crippen LogP contribution >= 0.6 is 0 Å². The molecule has 0 saturated heterocycles. The molecule has 0 fully saturated rings. The number of ether oxygens (including phenoxy) is 1. The minimum atomic E-state index is 0.119. The number of fused-ring (bicyclic) bond motifs is 1. The van der Waals surface area contributed by atoms with Crippen molar-refractivity contribution in [2.45, 2.75) is 12.5 Å². The van der Waals surface area contributed by atoms with Crippen LogP contribution in [0.1, 0.15) is 5.56 Å². The third-order valence-electron chi connectivity index (χ3n) is 3.08. The van der Waals surface area contributed by atoms with Gasteiger partial charge in [0.25, 0.3) is 0 Å². The fraction of sp³-hybridized carbons (Fsp3) is 0.214. The van der Waals surface area contributed by atoms with Crippen molar-refractivity contribution in [3.63, 3.8) is 0 Å². The van der Waals surface area contributed by atoms with Crippen molar-refractivity contribution in [2.75, 3.05) is 6.54 Å². The van der Waals surface area contributed by atoms with E-state index in [-0.39, 0.29) is 6.10 Å². The van der Waals surface area contributed by atoms with Gasteiger partial charge in [-0.05, 0) is 23.3 Å². The molecule has 1 atom stereocenters. The number of nitrogens with two attached hydrogens (primary N) is 1. The highest BCUT2D eigenvalue weighted by Crippen LogP contribution is 2.38. The zero-order chi connectivity index (χ0) is 11.7. The fourth-order valence-electron chi connectivity index (χ4n) is 2.23. The molecule has 1 aromatic carbocycles. The molecule has 3 rings (SSSR count). The molecule has 1 aliphatic heterocycles. The van der Waals surface area contributed by atoms with Crippen LogP contribution in [0.4, 0.5) is 0 Å². The maximum atomic E-state index is 5.90. The Bertz CT molecular complexity index is 525. The van der Waals surface area contributed by atoms with Gasteiger partial charge in [0.1, 0.15) is 11.9 Å². The molecule has 2 aromatic rings. The second-order valence-electron chi connectivity index (χ2n) is 4.21. The zero-order valence-corrected chi connectivity index (χ0v) is 9.47. The van der Waals surface area contributed by atoms with Gasteiger partial charge in [0.05, 0.1) is 0 Å². The highest BCUT2D eigenvalue weighted by atomic mass is 16.5. The van der Waals surface area contributed by atoms with Crippen molar-refractivity contribution in [3.8, 4) is 16.9 Å².